The monoisotopic (exact) mass is 366 g/mol. The number of aromatic nitrogens is 1. The fraction of sp³-hybridized carbons (Fsp3) is 0.600. The Morgan fingerprint density at radius 3 is 2.80 bits per heavy atom. The highest BCUT2D eigenvalue weighted by Crippen LogP contribution is 2.40. The van der Waals surface area contributed by atoms with E-state index in [4.69, 9.17) is 9.47 Å². The van der Waals surface area contributed by atoms with Gasteiger partial charge in [-0.2, -0.15) is 13.2 Å². The van der Waals surface area contributed by atoms with Gasteiger partial charge in [0.05, 0.1) is 31.6 Å². The zero-order chi connectivity index (χ0) is 18.8. The maximum Gasteiger partial charge on any atom is 0.471 e. The molecule has 0 saturated carbocycles. The predicted molar refractivity (Wildman–Crippen MR) is 77.2 cm³/mol. The summed E-state index contributed by atoms with van der Waals surface area (Å²) in [7, 11) is 1.26. The van der Waals surface area contributed by atoms with E-state index in [9.17, 15) is 27.5 Å². The Balaban J connectivity index is 2.58. The van der Waals surface area contributed by atoms with Gasteiger partial charge >= 0.3 is 12.1 Å². The number of ether oxygens (including phenoxy) is 2. The number of aliphatic hydroxyl groups is 1. The minimum atomic E-state index is -5.18. The van der Waals surface area contributed by atoms with Crippen molar-refractivity contribution in [2.24, 2.45) is 5.92 Å². The number of rotatable bonds is 4. The van der Waals surface area contributed by atoms with E-state index in [0.29, 0.717) is 0 Å². The van der Waals surface area contributed by atoms with Crippen LogP contribution in [0.25, 0.3) is 0 Å². The number of amides is 1. The molecule has 0 radical (unpaired) electrons. The van der Waals surface area contributed by atoms with E-state index < -0.39 is 42.6 Å². The number of nitrogens with one attached hydrogen (secondary N) is 1. The van der Waals surface area contributed by atoms with E-state index in [1.165, 1.54) is 7.11 Å². The summed E-state index contributed by atoms with van der Waals surface area (Å²) < 4.78 is 63.1. The zero-order valence-corrected chi connectivity index (χ0v) is 13.6. The van der Waals surface area contributed by atoms with Crippen LogP contribution >= 0.6 is 0 Å². The van der Waals surface area contributed by atoms with E-state index >= 15 is 0 Å². The molecule has 0 aliphatic carbocycles. The molecule has 0 bridgehead atoms. The molecular formula is C15H18F4N2O4. The molecule has 2 heterocycles. The van der Waals surface area contributed by atoms with E-state index in [0.717, 1.165) is 12.3 Å². The fourth-order valence-corrected chi connectivity index (χ4v) is 2.94. The summed E-state index contributed by atoms with van der Waals surface area (Å²) in [4.78, 5) is 15.2. The van der Waals surface area contributed by atoms with Gasteiger partial charge in [0, 0.05) is 24.2 Å². The topological polar surface area (TPSA) is 80.7 Å². The number of alkyl halides is 3. The number of hydrogen-bond acceptors (Lipinski definition) is 5. The lowest BCUT2D eigenvalue weighted by molar-refractivity contribution is -0.181. The van der Waals surface area contributed by atoms with Crippen molar-refractivity contribution in [2.75, 3.05) is 20.3 Å². The molecule has 1 aliphatic rings. The Bertz CT molecular complexity index is 640. The molecule has 1 aromatic heterocycles. The minimum Gasteiger partial charge on any atom is -0.481 e. The third kappa shape index (κ3) is 3.84. The molecule has 1 aliphatic heterocycles. The van der Waals surface area contributed by atoms with Gasteiger partial charge in [0.1, 0.15) is 5.82 Å². The summed E-state index contributed by atoms with van der Waals surface area (Å²) in [6.07, 6.45) is -4.65. The van der Waals surface area contributed by atoms with Crippen molar-refractivity contribution in [3.8, 4) is 5.88 Å². The largest absolute Gasteiger partial charge is 0.481 e. The Labute approximate surface area is 141 Å². The summed E-state index contributed by atoms with van der Waals surface area (Å²) >= 11 is 0. The Morgan fingerprint density at radius 2 is 2.24 bits per heavy atom. The van der Waals surface area contributed by atoms with Crippen LogP contribution in [0.1, 0.15) is 18.9 Å². The number of pyridine rings is 1. The normalized spacial score (nSPS) is 27.0. The van der Waals surface area contributed by atoms with Crippen LogP contribution in [-0.2, 0) is 15.1 Å². The van der Waals surface area contributed by atoms with Crippen LogP contribution in [-0.4, -0.2) is 48.6 Å². The van der Waals surface area contributed by atoms with Crippen LogP contribution in [0, 0.1) is 11.7 Å². The van der Waals surface area contributed by atoms with Gasteiger partial charge in [-0.15, -0.1) is 0 Å². The van der Waals surface area contributed by atoms with Crippen LogP contribution < -0.4 is 10.1 Å². The molecule has 0 unspecified atom stereocenters. The second-order valence-corrected chi connectivity index (χ2v) is 5.87. The molecule has 0 spiro atoms. The van der Waals surface area contributed by atoms with E-state index in [1.54, 1.807) is 6.92 Å². The molecule has 1 saturated heterocycles. The smallest absolute Gasteiger partial charge is 0.471 e. The maximum absolute atomic E-state index is 14.4. The molecule has 25 heavy (non-hydrogen) atoms. The van der Waals surface area contributed by atoms with Crippen molar-refractivity contribution >= 4 is 5.91 Å². The first-order valence-corrected chi connectivity index (χ1v) is 7.46. The second kappa shape index (κ2) is 7.12. The average Bonchev–Trinajstić information content (AvgIpc) is 2.56. The number of hydrogen-bond donors (Lipinski definition) is 2. The first-order chi connectivity index (χ1) is 11.6. The second-order valence-electron chi connectivity index (χ2n) is 5.87. The van der Waals surface area contributed by atoms with Crippen LogP contribution in [0.15, 0.2) is 12.3 Å². The minimum absolute atomic E-state index is 0.0488. The molecule has 2 rings (SSSR count). The number of halogens is 4. The molecular weight excluding hydrogens is 348 g/mol. The van der Waals surface area contributed by atoms with Gasteiger partial charge in [-0.3, -0.25) is 4.79 Å². The lowest BCUT2D eigenvalue weighted by Crippen LogP contribution is -2.61. The van der Waals surface area contributed by atoms with Crippen LogP contribution in [0.4, 0.5) is 17.6 Å². The van der Waals surface area contributed by atoms with E-state index in [2.05, 4.69) is 4.98 Å². The summed E-state index contributed by atoms with van der Waals surface area (Å²) in [6.45, 7) is 0.656. The van der Waals surface area contributed by atoms with Crippen LogP contribution in [0.2, 0.25) is 0 Å². The molecule has 1 fully saturated rings. The molecule has 0 aromatic carbocycles. The average molecular weight is 366 g/mol. The number of methoxy groups -OCH3 is 1. The number of carbonyl (C=O) groups excluding carboxylic acids is 1. The molecule has 1 aromatic rings. The molecule has 6 nitrogen and oxygen atoms in total. The van der Waals surface area contributed by atoms with Crippen LogP contribution in [0.3, 0.4) is 0 Å². The Kier molecular flexibility index (Phi) is 5.52. The van der Waals surface area contributed by atoms with Crippen molar-refractivity contribution in [3.63, 3.8) is 0 Å². The number of aliphatic hydroxyl groups excluding tert-OH is 1. The van der Waals surface area contributed by atoms with Crippen LogP contribution in [0.5, 0.6) is 5.88 Å². The fourth-order valence-electron chi connectivity index (χ4n) is 2.94. The summed E-state index contributed by atoms with van der Waals surface area (Å²) in [5, 5.41) is 11.5. The number of nitrogens with zero attached hydrogens (tertiary/aromatic N) is 1. The van der Waals surface area contributed by atoms with Crippen molar-refractivity contribution < 1.29 is 36.9 Å². The third-order valence-corrected chi connectivity index (χ3v) is 4.24. The summed E-state index contributed by atoms with van der Waals surface area (Å²) in [5.41, 5.74) is -2.20. The first kappa shape index (κ1) is 19.4. The maximum atomic E-state index is 14.4. The Morgan fingerprint density at radius 1 is 1.56 bits per heavy atom. The third-order valence-electron chi connectivity index (χ3n) is 4.24. The van der Waals surface area contributed by atoms with Gasteiger partial charge in [0.25, 0.3) is 0 Å². The zero-order valence-electron chi connectivity index (χ0n) is 13.6. The van der Waals surface area contributed by atoms with Gasteiger partial charge < -0.3 is 19.9 Å². The van der Waals surface area contributed by atoms with Gasteiger partial charge in [0.15, 0.2) is 0 Å². The van der Waals surface area contributed by atoms with Crippen molar-refractivity contribution in [2.45, 2.75) is 31.2 Å². The van der Waals surface area contributed by atoms with Crippen molar-refractivity contribution in [3.05, 3.63) is 23.6 Å². The van der Waals surface area contributed by atoms with E-state index in [-0.39, 0.29) is 24.0 Å². The molecule has 2 N–H and O–H groups in total. The lowest BCUT2D eigenvalue weighted by Gasteiger charge is -2.46. The van der Waals surface area contributed by atoms with Gasteiger partial charge in [-0.25, -0.2) is 9.37 Å². The van der Waals surface area contributed by atoms with Crippen molar-refractivity contribution in [1.29, 1.82) is 0 Å². The highest BCUT2D eigenvalue weighted by Gasteiger charge is 2.51. The van der Waals surface area contributed by atoms with Gasteiger partial charge in [-0.1, -0.05) is 0 Å². The van der Waals surface area contributed by atoms with E-state index in [1.807, 2.05) is 5.32 Å². The summed E-state index contributed by atoms with van der Waals surface area (Å²) in [6, 6.07) is 1.09. The number of carbonyl (C=O) groups is 1. The highest BCUT2D eigenvalue weighted by molar-refractivity contribution is 5.82. The lowest BCUT2D eigenvalue weighted by atomic mass is 9.74. The Hall–Kier alpha value is -1.94. The standard InChI is InChI=1S/C15H18F4N2O4/c1-8-3-9(6-22)14(7-25-8,21-13(23)15(17,18)19)10-4-12(24-2)20-5-11(10)16/h4-5,8-9,22H,3,6-7H2,1-2H3,(H,21,23)/t8-,9-,14-/m0/s1. The molecule has 3 atom stereocenters. The SMILES string of the molecule is COc1cc([C@]2(NC(=O)C(F)(F)F)CO[C@@H](C)C[C@H]2CO)c(F)cn1. The first-order valence-electron chi connectivity index (χ1n) is 7.46. The van der Waals surface area contributed by atoms with Gasteiger partial charge in [-0.05, 0) is 13.3 Å². The van der Waals surface area contributed by atoms with Gasteiger partial charge in [0.2, 0.25) is 5.88 Å². The highest BCUT2D eigenvalue weighted by atomic mass is 19.4. The quantitative estimate of drug-likeness (QED) is 0.790. The molecule has 140 valence electrons. The summed E-state index contributed by atoms with van der Waals surface area (Å²) in [5.74, 6) is -4.14. The molecule has 10 heteroatoms. The van der Waals surface area contributed by atoms with Crippen molar-refractivity contribution in [1.82, 2.24) is 10.3 Å². The molecule has 1 amide bonds. The predicted octanol–water partition coefficient (Wildman–Crippen LogP) is 1.52.